The molecule has 0 bridgehead atoms. The molecule has 1 rings (SSSR count). The average Bonchev–Trinajstić information content (AvgIpc) is 2.45. The molecule has 1 fully saturated rings. The second kappa shape index (κ2) is 5.84. The maximum Gasteiger partial charge on any atom is 0.00192 e. The van der Waals surface area contributed by atoms with Gasteiger partial charge in [-0.15, -0.1) is 0 Å². The highest BCUT2D eigenvalue weighted by molar-refractivity contribution is 7.80. The van der Waals surface area contributed by atoms with E-state index in [1.165, 1.54) is 32.5 Å². The SMILES string of the molecule is CN1CCC(CNCCCS)C1. The van der Waals surface area contributed by atoms with E-state index in [0.717, 1.165) is 18.2 Å². The summed E-state index contributed by atoms with van der Waals surface area (Å²) in [5, 5.41) is 3.47. The van der Waals surface area contributed by atoms with E-state index in [1.54, 1.807) is 0 Å². The van der Waals surface area contributed by atoms with Crippen molar-refractivity contribution in [1.82, 2.24) is 10.2 Å². The quantitative estimate of drug-likeness (QED) is 0.491. The van der Waals surface area contributed by atoms with Crippen LogP contribution in [0.4, 0.5) is 0 Å². The average molecular weight is 188 g/mol. The Balaban J connectivity index is 1.93. The van der Waals surface area contributed by atoms with E-state index >= 15 is 0 Å². The van der Waals surface area contributed by atoms with Gasteiger partial charge in [0.1, 0.15) is 0 Å². The third-order valence-electron chi connectivity index (χ3n) is 2.43. The molecule has 0 radical (unpaired) electrons. The van der Waals surface area contributed by atoms with Crippen molar-refractivity contribution in [3.8, 4) is 0 Å². The van der Waals surface area contributed by atoms with E-state index in [4.69, 9.17) is 0 Å². The number of nitrogens with zero attached hydrogens (tertiary/aromatic N) is 1. The van der Waals surface area contributed by atoms with E-state index < -0.39 is 0 Å². The molecule has 0 spiro atoms. The molecule has 1 heterocycles. The lowest BCUT2D eigenvalue weighted by molar-refractivity contribution is 0.388. The number of nitrogens with one attached hydrogen (secondary N) is 1. The minimum atomic E-state index is 0.884. The third-order valence-corrected chi connectivity index (χ3v) is 2.75. The minimum Gasteiger partial charge on any atom is -0.316 e. The van der Waals surface area contributed by atoms with Crippen molar-refractivity contribution in [2.45, 2.75) is 12.8 Å². The highest BCUT2D eigenvalue weighted by atomic mass is 32.1. The Labute approximate surface area is 81.1 Å². The van der Waals surface area contributed by atoms with Crippen molar-refractivity contribution in [2.75, 3.05) is 39.0 Å². The highest BCUT2D eigenvalue weighted by Crippen LogP contribution is 2.12. The summed E-state index contributed by atoms with van der Waals surface area (Å²) >= 11 is 4.17. The maximum absolute atomic E-state index is 4.17. The zero-order valence-corrected chi connectivity index (χ0v) is 8.82. The molecule has 1 N–H and O–H groups in total. The summed E-state index contributed by atoms with van der Waals surface area (Å²) < 4.78 is 0. The number of hydrogen-bond donors (Lipinski definition) is 2. The van der Waals surface area contributed by atoms with Crippen LogP contribution in [-0.2, 0) is 0 Å². The van der Waals surface area contributed by atoms with Crippen molar-refractivity contribution in [1.29, 1.82) is 0 Å². The molecule has 0 saturated carbocycles. The third kappa shape index (κ3) is 3.78. The second-order valence-corrected chi connectivity index (χ2v) is 4.15. The maximum atomic E-state index is 4.17. The van der Waals surface area contributed by atoms with Crippen molar-refractivity contribution < 1.29 is 0 Å². The van der Waals surface area contributed by atoms with Gasteiger partial charge in [0.15, 0.2) is 0 Å². The largest absolute Gasteiger partial charge is 0.316 e. The summed E-state index contributed by atoms with van der Waals surface area (Å²) in [6.07, 6.45) is 2.55. The standard InChI is InChI=1S/C9H20N2S/c1-11-5-3-9(8-11)7-10-4-2-6-12/h9-10,12H,2-8H2,1H3. The normalized spacial score (nSPS) is 25.0. The molecule has 0 aliphatic carbocycles. The van der Waals surface area contributed by atoms with Crippen molar-refractivity contribution in [3.05, 3.63) is 0 Å². The summed E-state index contributed by atoms with van der Waals surface area (Å²) in [6.45, 7) is 4.87. The van der Waals surface area contributed by atoms with Crippen LogP contribution in [0.5, 0.6) is 0 Å². The number of thiol groups is 1. The molecule has 0 aromatic carbocycles. The summed E-state index contributed by atoms with van der Waals surface area (Å²) in [4.78, 5) is 2.41. The zero-order valence-electron chi connectivity index (χ0n) is 7.92. The number of rotatable bonds is 5. The van der Waals surface area contributed by atoms with E-state index in [1.807, 2.05) is 0 Å². The fraction of sp³-hybridized carbons (Fsp3) is 1.00. The Morgan fingerprint density at radius 2 is 2.42 bits per heavy atom. The molecule has 1 aliphatic heterocycles. The Kier molecular flexibility index (Phi) is 5.04. The Hall–Kier alpha value is 0.270. The molecule has 1 aliphatic rings. The zero-order chi connectivity index (χ0) is 8.81. The fourth-order valence-electron chi connectivity index (χ4n) is 1.70. The predicted molar refractivity (Wildman–Crippen MR) is 56.9 cm³/mol. The summed E-state index contributed by atoms with van der Waals surface area (Å²) in [5.74, 6) is 1.88. The summed E-state index contributed by atoms with van der Waals surface area (Å²) in [7, 11) is 2.20. The van der Waals surface area contributed by atoms with E-state index in [2.05, 4.69) is 29.9 Å². The monoisotopic (exact) mass is 188 g/mol. The molecule has 0 aromatic rings. The van der Waals surface area contributed by atoms with Gasteiger partial charge in [-0.1, -0.05) is 0 Å². The summed E-state index contributed by atoms with van der Waals surface area (Å²) in [5.41, 5.74) is 0. The fourth-order valence-corrected chi connectivity index (χ4v) is 1.86. The number of likely N-dealkylation sites (tertiary alicyclic amines) is 1. The van der Waals surface area contributed by atoms with Gasteiger partial charge in [0.05, 0.1) is 0 Å². The van der Waals surface area contributed by atoms with Crippen LogP contribution < -0.4 is 5.32 Å². The van der Waals surface area contributed by atoms with E-state index in [9.17, 15) is 0 Å². The molecule has 0 aromatic heterocycles. The van der Waals surface area contributed by atoms with E-state index in [0.29, 0.717) is 0 Å². The predicted octanol–water partition coefficient (Wildman–Crippen LogP) is 0.848. The van der Waals surface area contributed by atoms with Crippen molar-refractivity contribution >= 4 is 12.6 Å². The molecule has 2 nitrogen and oxygen atoms in total. The van der Waals surface area contributed by atoms with Crippen LogP contribution in [-0.4, -0.2) is 43.9 Å². The first-order valence-electron chi connectivity index (χ1n) is 4.83. The molecule has 0 amide bonds. The van der Waals surface area contributed by atoms with Crippen LogP contribution in [0.15, 0.2) is 0 Å². The first-order valence-corrected chi connectivity index (χ1v) is 5.46. The molecule has 12 heavy (non-hydrogen) atoms. The lowest BCUT2D eigenvalue weighted by Gasteiger charge is -2.10. The molecular formula is C9H20N2S. The molecule has 1 unspecified atom stereocenters. The van der Waals surface area contributed by atoms with Gasteiger partial charge in [-0.2, -0.15) is 12.6 Å². The first-order chi connectivity index (χ1) is 5.83. The minimum absolute atomic E-state index is 0.884. The Morgan fingerprint density at radius 3 is 3.00 bits per heavy atom. The van der Waals surface area contributed by atoms with Crippen LogP contribution in [0, 0.1) is 5.92 Å². The van der Waals surface area contributed by atoms with Gasteiger partial charge in [-0.3, -0.25) is 0 Å². The second-order valence-electron chi connectivity index (χ2n) is 3.70. The van der Waals surface area contributed by atoms with Crippen LogP contribution in [0.2, 0.25) is 0 Å². The lowest BCUT2D eigenvalue weighted by Crippen LogP contribution is -2.25. The van der Waals surface area contributed by atoms with Gasteiger partial charge in [-0.25, -0.2) is 0 Å². The van der Waals surface area contributed by atoms with Crippen LogP contribution in [0.25, 0.3) is 0 Å². The Bertz CT molecular complexity index is 119. The van der Waals surface area contributed by atoms with E-state index in [-0.39, 0.29) is 0 Å². The van der Waals surface area contributed by atoms with Gasteiger partial charge < -0.3 is 10.2 Å². The smallest absolute Gasteiger partial charge is 0.00192 e. The van der Waals surface area contributed by atoms with Gasteiger partial charge in [0.25, 0.3) is 0 Å². The van der Waals surface area contributed by atoms with Crippen LogP contribution in [0.3, 0.4) is 0 Å². The van der Waals surface area contributed by atoms with Crippen LogP contribution >= 0.6 is 12.6 Å². The van der Waals surface area contributed by atoms with Crippen LogP contribution in [0.1, 0.15) is 12.8 Å². The molecule has 1 atom stereocenters. The van der Waals surface area contributed by atoms with Gasteiger partial charge in [0, 0.05) is 6.54 Å². The topological polar surface area (TPSA) is 15.3 Å². The molecular weight excluding hydrogens is 168 g/mol. The molecule has 72 valence electrons. The lowest BCUT2D eigenvalue weighted by atomic mass is 10.1. The van der Waals surface area contributed by atoms with Crippen molar-refractivity contribution in [2.24, 2.45) is 5.92 Å². The van der Waals surface area contributed by atoms with Gasteiger partial charge >= 0.3 is 0 Å². The van der Waals surface area contributed by atoms with Gasteiger partial charge in [0.2, 0.25) is 0 Å². The highest BCUT2D eigenvalue weighted by Gasteiger charge is 2.18. The van der Waals surface area contributed by atoms with Gasteiger partial charge in [-0.05, 0) is 51.2 Å². The summed E-state index contributed by atoms with van der Waals surface area (Å²) in [6, 6.07) is 0. The van der Waals surface area contributed by atoms with Crippen molar-refractivity contribution in [3.63, 3.8) is 0 Å². The molecule has 1 saturated heterocycles. The first kappa shape index (κ1) is 10.4. The number of hydrogen-bond acceptors (Lipinski definition) is 3. The Morgan fingerprint density at radius 1 is 1.58 bits per heavy atom. The molecule has 3 heteroatoms.